The lowest BCUT2D eigenvalue weighted by molar-refractivity contribution is 0.686. The maximum Gasteiger partial charge on any atom is 0 e. The van der Waals surface area contributed by atoms with Crippen LogP contribution in [0.4, 0.5) is 28.2 Å². The van der Waals surface area contributed by atoms with Crippen molar-refractivity contribution in [3.8, 4) is 0 Å². The minimum absolute atomic E-state index is 0. The molecule has 0 aliphatic carbocycles. The zero-order valence-electron chi connectivity index (χ0n) is 2.86. The van der Waals surface area contributed by atoms with E-state index in [1.807, 2.05) is 0 Å². The fraction of sp³-hybridized carbons (Fsp3) is 0. The van der Waals surface area contributed by atoms with Gasteiger partial charge in [0.05, 0.1) is 0 Å². The van der Waals surface area contributed by atoms with E-state index in [4.69, 9.17) is 0 Å². The van der Waals surface area contributed by atoms with Crippen LogP contribution in [-0.2, 0) is 5.48 Å². The summed E-state index contributed by atoms with van der Waals surface area (Å²) in [6.07, 6.45) is 0. The smallest absolute Gasteiger partial charge is 0 e. The van der Waals surface area contributed by atoms with E-state index in [-0.39, 0.29) is 33.7 Å². The molecule has 0 N–H and O–H groups in total. The molecule has 0 unspecified atom stereocenters. The predicted molar refractivity (Wildman–Crippen MR) is 15.7 cm³/mol. The Morgan fingerprint density at radius 1 is 0.286 bits per heavy atom. The fourth-order valence-electron chi connectivity index (χ4n) is 0. The molecule has 54 valence electrons. The zero-order valence-corrected chi connectivity index (χ0v) is 2.86. The van der Waals surface area contributed by atoms with E-state index in [1.165, 1.54) is 0 Å². The first-order valence-electron chi connectivity index (χ1n) is 0. The van der Waals surface area contributed by atoms with Gasteiger partial charge in [-0.1, -0.05) is 0 Å². The molecule has 0 aliphatic rings. The van der Waals surface area contributed by atoms with Gasteiger partial charge in [0, 0.05) is 5.48 Å². The molecule has 0 saturated heterocycles. The van der Waals surface area contributed by atoms with Crippen molar-refractivity contribution in [3.05, 3.63) is 0 Å². The summed E-state index contributed by atoms with van der Waals surface area (Å²) in [6, 6.07) is 0. The van der Waals surface area contributed by atoms with Crippen LogP contribution in [-0.4, -0.2) is 0 Å². The van der Waals surface area contributed by atoms with Gasteiger partial charge in [0.2, 0.25) is 0 Å². The third-order valence-corrected chi connectivity index (χ3v) is 0. The van der Waals surface area contributed by atoms with Crippen LogP contribution in [0.5, 0.6) is 0 Å². The van der Waals surface area contributed by atoms with Gasteiger partial charge in [-0.15, -0.1) is 0 Å². The van der Waals surface area contributed by atoms with Crippen LogP contribution in [0.2, 0.25) is 0 Å². The molecule has 0 amide bonds. The highest BCUT2D eigenvalue weighted by atomic mass is 19.0. The van der Waals surface area contributed by atoms with E-state index in [1.54, 1.807) is 0 Å². The third-order valence-electron chi connectivity index (χ3n) is 0. The van der Waals surface area contributed by atoms with Crippen molar-refractivity contribution in [2.75, 3.05) is 0 Å². The number of halogens is 6. The zero-order chi connectivity index (χ0) is 0. The second-order valence-corrected chi connectivity index (χ2v) is 0. The minimum atomic E-state index is 0. The predicted octanol–water partition coefficient (Wildman–Crippen LogP) is 0.796. The van der Waals surface area contributed by atoms with Crippen molar-refractivity contribution in [2.45, 2.75) is 0 Å². The van der Waals surface area contributed by atoms with E-state index in [2.05, 4.69) is 0 Å². The molecule has 0 rings (SSSR count). The molecule has 0 aromatic carbocycles. The van der Waals surface area contributed by atoms with Gasteiger partial charge < -0.3 is 0 Å². The van der Waals surface area contributed by atoms with E-state index in [0.717, 1.165) is 0 Å². The number of rotatable bonds is 0. The van der Waals surface area contributed by atoms with Crippen LogP contribution in [0, 0.1) is 0 Å². The standard InChI is InChI=1S/6FH.O/h6*1H;. The Balaban J connectivity index is 0. The molecule has 7 heteroatoms. The van der Waals surface area contributed by atoms with Gasteiger partial charge in [0.1, 0.15) is 0 Å². The monoisotopic (exact) mass is 136 g/mol. The Labute approximate surface area is 35.2 Å². The topological polar surface area (TPSA) is 28.5 Å². The Bertz CT molecular complexity index is 4.14. The van der Waals surface area contributed by atoms with E-state index in [9.17, 15) is 0 Å². The SMILES string of the molecule is F.F.F.F.F.F.[O]. The van der Waals surface area contributed by atoms with E-state index >= 15 is 0 Å². The Morgan fingerprint density at radius 2 is 0.286 bits per heavy atom. The van der Waals surface area contributed by atoms with Crippen molar-refractivity contribution >= 4 is 0 Å². The van der Waals surface area contributed by atoms with Gasteiger partial charge in [0.15, 0.2) is 0 Å². The van der Waals surface area contributed by atoms with E-state index in [0.29, 0.717) is 0 Å². The van der Waals surface area contributed by atoms with Crippen LogP contribution in [0.3, 0.4) is 0 Å². The first kappa shape index (κ1) is 949. The summed E-state index contributed by atoms with van der Waals surface area (Å²) in [5.41, 5.74) is 0. The van der Waals surface area contributed by atoms with Gasteiger partial charge in [0.25, 0.3) is 0 Å². The second kappa shape index (κ2) is 540. The summed E-state index contributed by atoms with van der Waals surface area (Å²) in [7, 11) is 0. The molecule has 0 bridgehead atoms. The Hall–Kier alpha value is -0.460. The first-order valence-corrected chi connectivity index (χ1v) is 0. The lowest BCUT2D eigenvalue weighted by atomic mass is 16.0. The molecule has 1 nitrogen and oxygen atoms in total. The molecular formula is H6F6O. The normalized spacial score (nSPS) is 0. The maximum absolute atomic E-state index is 0. The Morgan fingerprint density at radius 3 is 0.286 bits per heavy atom. The van der Waals surface area contributed by atoms with Gasteiger partial charge >= 0.3 is 0 Å². The van der Waals surface area contributed by atoms with Gasteiger partial charge in [-0.2, -0.15) is 0 Å². The molecule has 0 atom stereocenters. The summed E-state index contributed by atoms with van der Waals surface area (Å²) >= 11 is 0. The molecule has 0 aliphatic heterocycles. The van der Waals surface area contributed by atoms with Crippen molar-refractivity contribution in [1.82, 2.24) is 0 Å². The summed E-state index contributed by atoms with van der Waals surface area (Å²) < 4.78 is 0. The molecular weight excluding hydrogens is 130 g/mol. The lowest BCUT2D eigenvalue weighted by Crippen LogP contribution is -0.119. The molecule has 0 spiro atoms. The lowest BCUT2D eigenvalue weighted by Gasteiger charge is -0.270. The molecule has 0 heterocycles. The van der Waals surface area contributed by atoms with Gasteiger partial charge in [-0.05, 0) is 0 Å². The highest BCUT2D eigenvalue weighted by molar-refractivity contribution is 1.11. The minimum Gasteiger partial charge on any atom is -0.269 e. The number of hydrogen-bond donors (Lipinski definition) is 0. The van der Waals surface area contributed by atoms with Crippen LogP contribution < -0.4 is 0 Å². The van der Waals surface area contributed by atoms with Crippen molar-refractivity contribution in [3.63, 3.8) is 0 Å². The molecule has 2 radical (unpaired) electrons. The van der Waals surface area contributed by atoms with Crippen LogP contribution in [0.25, 0.3) is 0 Å². The second-order valence-electron chi connectivity index (χ2n) is 0. The highest BCUT2D eigenvalue weighted by Crippen LogP contribution is 0.425. The maximum atomic E-state index is 0. The van der Waals surface area contributed by atoms with Gasteiger partial charge in [-0.3, -0.25) is 28.2 Å². The average molecular weight is 136 g/mol. The van der Waals surface area contributed by atoms with Crippen LogP contribution >= 0.6 is 0 Å². The van der Waals surface area contributed by atoms with E-state index < -0.39 is 0 Å². The molecule has 0 saturated carbocycles. The van der Waals surface area contributed by atoms with Crippen LogP contribution in [0.1, 0.15) is 0 Å². The largest absolute Gasteiger partial charge is 0.269 e. The molecule has 0 aromatic heterocycles. The summed E-state index contributed by atoms with van der Waals surface area (Å²) in [5.74, 6) is 0. The van der Waals surface area contributed by atoms with Crippen molar-refractivity contribution in [1.29, 1.82) is 0 Å². The van der Waals surface area contributed by atoms with Crippen LogP contribution in [0.15, 0.2) is 0 Å². The molecule has 0 fully saturated rings. The van der Waals surface area contributed by atoms with Gasteiger partial charge in [-0.25, -0.2) is 0 Å². The highest BCUT2D eigenvalue weighted by Gasteiger charge is 0.0000227. The Kier molecular flexibility index (Phi) is 73100. The molecule has 7 heavy (non-hydrogen) atoms. The summed E-state index contributed by atoms with van der Waals surface area (Å²) in [6.45, 7) is 0. The van der Waals surface area contributed by atoms with Crippen molar-refractivity contribution in [2.24, 2.45) is 0 Å². The summed E-state index contributed by atoms with van der Waals surface area (Å²) in [4.78, 5) is 0. The first-order chi connectivity index (χ1) is 0. The van der Waals surface area contributed by atoms with Crippen molar-refractivity contribution < 1.29 is 33.7 Å². The number of hydrogen-bond acceptors (Lipinski definition) is 0. The fourth-order valence-corrected chi connectivity index (χ4v) is 0. The summed E-state index contributed by atoms with van der Waals surface area (Å²) in [5, 5.41) is 0. The quantitative estimate of drug-likeness (QED) is 0.440. The molecule has 0 aromatic rings. The third kappa shape index (κ3) is 328. The average Bonchev–Trinajstić information content (AvgIpc) is 0.